The molecule has 0 unspecified atom stereocenters. The van der Waals surface area contributed by atoms with E-state index in [2.05, 4.69) is 19.9 Å². The number of hydrogen-bond acceptors (Lipinski definition) is 5. The van der Waals surface area contributed by atoms with Crippen molar-refractivity contribution in [3.05, 3.63) is 59.4 Å². The SMILES string of the molecule is OCc1ccc(-c2nc(O)c(/C=C3\C=Nc4ncccc43)[nH]2)cc1. The van der Waals surface area contributed by atoms with Crippen LogP contribution in [0.5, 0.6) is 5.88 Å². The summed E-state index contributed by atoms with van der Waals surface area (Å²) in [6.45, 7) is -0.00614. The van der Waals surface area contributed by atoms with Gasteiger partial charge in [0.15, 0.2) is 5.82 Å². The molecular formula is C18H14N4O2. The maximum absolute atomic E-state index is 10.1. The van der Waals surface area contributed by atoms with Gasteiger partial charge in [-0.05, 0) is 23.8 Å². The van der Waals surface area contributed by atoms with E-state index in [0.29, 0.717) is 17.3 Å². The van der Waals surface area contributed by atoms with Crippen LogP contribution in [0.15, 0.2) is 47.6 Å². The second kappa shape index (κ2) is 5.75. The number of imidazole rings is 1. The number of aliphatic hydroxyl groups is 1. The molecule has 24 heavy (non-hydrogen) atoms. The highest BCUT2D eigenvalue weighted by atomic mass is 16.3. The molecule has 0 spiro atoms. The minimum absolute atomic E-state index is 0.00614. The molecule has 0 saturated carbocycles. The van der Waals surface area contributed by atoms with Gasteiger partial charge in [0.1, 0.15) is 11.5 Å². The maximum Gasteiger partial charge on any atom is 0.237 e. The van der Waals surface area contributed by atoms with Gasteiger partial charge in [0.05, 0.1) is 6.61 Å². The number of hydrogen-bond donors (Lipinski definition) is 3. The van der Waals surface area contributed by atoms with Crippen molar-refractivity contribution in [2.24, 2.45) is 4.99 Å². The first-order valence-corrected chi connectivity index (χ1v) is 7.45. The summed E-state index contributed by atoms with van der Waals surface area (Å²) < 4.78 is 0. The number of nitrogens with zero attached hydrogens (tertiary/aromatic N) is 3. The van der Waals surface area contributed by atoms with Crippen LogP contribution >= 0.6 is 0 Å². The molecule has 0 bridgehead atoms. The molecule has 6 nitrogen and oxygen atoms in total. The predicted octanol–water partition coefficient (Wildman–Crippen LogP) is 2.93. The third-order valence-corrected chi connectivity index (χ3v) is 3.85. The van der Waals surface area contributed by atoms with Gasteiger partial charge in [-0.25, -0.2) is 9.98 Å². The van der Waals surface area contributed by atoms with Crippen molar-refractivity contribution in [2.75, 3.05) is 0 Å². The monoisotopic (exact) mass is 318 g/mol. The van der Waals surface area contributed by atoms with E-state index in [0.717, 1.165) is 22.3 Å². The van der Waals surface area contributed by atoms with Crippen molar-refractivity contribution in [3.63, 3.8) is 0 Å². The molecule has 118 valence electrons. The van der Waals surface area contributed by atoms with Gasteiger partial charge in [0.2, 0.25) is 5.88 Å². The number of H-pyrrole nitrogens is 1. The lowest BCUT2D eigenvalue weighted by Crippen LogP contribution is -1.85. The molecule has 0 amide bonds. The Bertz CT molecular complexity index is 955. The van der Waals surface area contributed by atoms with Gasteiger partial charge in [-0.3, -0.25) is 0 Å². The number of benzene rings is 1. The Morgan fingerprint density at radius 2 is 1.96 bits per heavy atom. The summed E-state index contributed by atoms with van der Waals surface area (Å²) >= 11 is 0. The molecule has 2 aromatic heterocycles. The summed E-state index contributed by atoms with van der Waals surface area (Å²) in [5.41, 5.74) is 3.94. The minimum Gasteiger partial charge on any atom is -0.492 e. The maximum atomic E-state index is 10.1. The van der Waals surface area contributed by atoms with Gasteiger partial charge >= 0.3 is 0 Å². The van der Waals surface area contributed by atoms with Crippen LogP contribution in [0, 0.1) is 0 Å². The van der Waals surface area contributed by atoms with Crippen LogP contribution < -0.4 is 0 Å². The fourth-order valence-corrected chi connectivity index (χ4v) is 2.58. The lowest BCUT2D eigenvalue weighted by atomic mass is 10.1. The molecule has 0 aliphatic carbocycles. The van der Waals surface area contributed by atoms with E-state index in [9.17, 15) is 5.11 Å². The molecular weight excluding hydrogens is 304 g/mol. The molecule has 1 aliphatic heterocycles. The Morgan fingerprint density at radius 1 is 1.12 bits per heavy atom. The summed E-state index contributed by atoms with van der Waals surface area (Å²) in [5, 5.41) is 19.2. The van der Waals surface area contributed by atoms with Gasteiger partial charge in [-0.2, -0.15) is 4.98 Å². The third kappa shape index (κ3) is 2.49. The van der Waals surface area contributed by atoms with Crippen LogP contribution in [0.25, 0.3) is 23.0 Å². The third-order valence-electron chi connectivity index (χ3n) is 3.85. The van der Waals surface area contributed by atoms with Crippen LogP contribution in [-0.2, 0) is 6.61 Å². The van der Waals surface area contributed by atoms with Crippen LogP contribution in [0.3, 0.4) is 0 Å². The van der Waals surface area contributed by atoms with Crippen molar-refractivity contribution < 1.29 is 10.2 Å². The molecule has 0 fully saturated rings. The van der Waals surface area contributed by atoms with Crippen LogP contribution in [0.1, 0.15) is 16.8 Å². The number of aromatic nitrogens is 3. The van der Waals surface area contributed by atoms with Gasteiger partial charge < -0.3 is 15.2 Å². The normalized spacial score (nSPS) is 14.3. The summed E-state index contributed by atoms with van der Waals surface area (Å²) in [7, 11) is 0. The standard InChI is InChI=1S/C18H14N4O2/c23-10-11-3-5-12(6-4-11)16-21-15(18(24)22-16)8-13-9-20-17-14(13)2-1-7-19-17/h1-9,23-24H,10H2,(H,21,22)/b13-8+. The number of aliphatic imine (C=N–C) groups is 1. The van der Waals surface area contributed by atoms with Crippen LogP contribution in [0.4, 0.5) is 5.82 Å². The van der Waals surface area contributed by atoms with E-state index in [1.54, 1.807) is 18.5 Å². The van der Waals surface area contributed by atoms with Crippen molar-refractivity contribution in [3.8, 4) is 17.3 Å². The number of fused-ring (bicyclic) bond motifs is 1. The smallest absolute Gasteiger partial charge is 0.237 e. The molecule has 1 aliphatic rings. The highest BCUT2D eigenvalue weighted by Gasteiger charge is 2.15. The number of aromatic hydroxyl groups is 1. The number of nitrogens with one attached hydrogen (secondary N) is 1. The first-order valence-electron chi connectivity index (χ1n) is 7.45. The highest BCUT2D eigenvalue weighted by Crippen LogP contribution is 2.32. The Labute approximate surface area is 137 Å². The Hall–Kier alpha value is -3.25. The molecule has 3 heterocycles. The van der Waals surface area contributed by atoms with Crippen molar-refractivity contribution >= 4 is 23.7 Å². The first kappa shape index (κ1) is 14.3. The summed E-state index contributed by atoms with van der Waals surface area (Å²) in [6.07, 6.45) is 5.21. The minimum atomic E-state index is -0.0746. The summed E-state index contributed by atoms with van der Waals surface area (Å²) in [5.74, 6) is 1.15. The van der Waals surface area contributed by atoms with E-state index < -0.39 is 0 Å². The lowest BCUT2D eigenvalue weighted by molar-refractivity contribution is 0.282. The van der Waals surface area contributed by atoms with Gasteiger partial charge in [0, 0.05) is 29.1 Å². The van der Waals surface area contributed by atoms with Gasteiger partial charge in [0.25, 0.3) is 0 Å². The molecule has 3 aromatic rings. The van der Waals surface area contributed by atoms with Crippen molar-refractivity contribution in [1.29, 1.82) is 0 Å². The van der Waals surface area contributed by atoms with E-state index in [1.807, 2.05) is 36.4 Å². The average Bonchev–Trinajstić information content (AvgIpc) is 3.20. The van der Waals surface area contributed by atoms with Gasteiger partial charge in [-0.1, -0.05) is 24.3 Å². The van der Waals surface area contributed by atoms with Crippen molar-refractivity contribution in [2.45, 2.75) is 6.61 Å². The summed E-state index contributed by atoms with van der Waals surface area (Å²) in [4.78, 5) is 15.7. The molecule has 6 heteroatoms. The van der Waals surface area contributed by atoms with Crippen LogP contribution in [0.2, 0.25) is 0 Å². The Kier molecular flexibility index (Phi) is 3.44. The van der Waals surface area contributed by atoms with Crippen molar-refractivity contribution in [1.82, 2.24) is 15.0 Å². The van der Waals surface area contributed by atoms with E-state index in [-0.39, 0.29) is 12.5 Å². The zero-order valence-electron chi connectivity index (χ0n) is 12.6. The highest BCUT2D eigenvalue weighted by molar-refractivity contribution is 6.20. The second-order valence-corrected chi connectivity index (χ2v) is 5.41. The Morgan fingerprint density at radius 3 is 2.75 bits per heavy atom. The zero-order chi connectivity index (χ0) is 16.5. The first-order chi connectivity index (χ1) is 11.7. The zero-order valence-corrected chi connectivity index (χ0v) is 12.6. The van der Waals surface area contributed by atoms with Crippen LogP contribution in [-0.4, -0.2) is 31.4 Å². The molecule has 0 atom stereocenters. The number of aromatic amines is 1. The fraction of sp³-hybridized carbons (Fsp3) is 0.0556. The lowest BCUT2D eigenvalue weighted by Gasteiger charge is -1.99. The van der Waals surface area contributed by atoms with E-state index in [1.165, 1.54) is 0 Å². The molecule has 0 radical (unpaired) electrons. The Balaban J connectivity index is 1.69. The second-order valence-electron chi connectivity index (χ2n) is 5.41. The molecule has 4 rings (SSSR count). The van der Waals surface area contributed by atoms with E-state index >= 15 is 0 Å². The average molecular weight is 318 g/mol. The summed E-state index contributed by atoms with van der Waals surface area (Å²) in [6, 6.07) is 11.1. The molecule has 0 saturated heterocycles. The predicted molar refractivity (Wildman–Crippen MR) is 91.9 cm³/mol. The van der Waals surface area contributed by atoms with Gasteiger partial charge in [-0.15, -0.1) is 0 Å². The number of rotatable bonds is 3. The number of pyridine rings is 1. The molecule has 3 N–H and O–H groups in total. The topological polar surface area (TPSA) is 94.4 Å². The number of allylic oxidation sites excluding steroid dienone is 1. The van der Waals surface area contributed by atoms with E-state index in [4.69, 9.17) is 5.11 Å². The largest absolute Gasteiger partial charge is 0.492 e. The quantitative estimate of drug-likeness (QED) is 0.692. The number of aliphatic hydroxyl groups excluding tert-OH is 1. The fourth-order valence-electron chi connectivity index (χ4n) is 2.58. The molecule has 1 aromatic carbocycles.